The molecule has 0 amide bonds. The lowest BCUT2D eigenvalue weighted by Crippen LogP contribution is -2.12. The maximum absolute atomic E-state index is 11.8. The quantitative estimate of drug-likeness (QED) is 0.772. The Balaban J connectivity index is 2.32. The van der Waals surface area contributed by atoms with Gasteiger partial charge in [0, 0.05) is 17.5 Å². The Morgan fingerprint density at radius 3 is 2.27 bits per heavy atom. The van der Waals surface area contributed by atoms with Crippen LogP contribution in [0.3, 0.4) is 0 Å². The smallest absolute Gasteiger partial charge is 0.323 e. The fraction of sp³-hybridized carbons (Fsp3) is 0.176. The molecule has 0 radical (unpaired) electrons. The summed E-state index contributed by atoms with van der Waals surface area (Å²) in [6.07, 6.45) is 0. The van der Waals surface area contributed by atoms with E-state index < -0.39 is 11.2 Å². The molecule has 0 aromatic heterocycles. The zero-order valence-corrected chi connectivity index (χ0v) is 13.8. The minimum Gasteiger partial charge on any atom is -0.468 e. The Labute approximate surface area is 138 Å². The van der Waals surface area contributed by atoms with Crippen molar-refractivity contribution in [1.82, 2.24) is 0 Å². The fourth-order valence-electron chi connectivity index (χ4n) is 2.06. The highest BCUT2D eigenvalue weighted by Crippen LogP contribution is 2.33. The van der Waals surface area contributed by atoms with Crippen LogP contribution in [0.5, 0.6) is 0 Å². The summed E-state index contributed by atoms with van der Waals surface area (Å²) >= 11 is 7.13. The number of hydrogen-bond donors (Lipinski definition) is 0. The van der Waals surface area contributed by atoms with E-state index in [4.69, 9.17) is 16.3 Å². The standard InChI is InChI=1S/C17H15ClO3S/c1-11(19)22-16(17(20)21-2)13-9-7-12(8-10-13)14-5-3-4-6-15(14)18/h3-10,16H,1-2H3. The van der Waals surface area contributed by atoms with Gasteiger partial charge >= 0.3 is 5.97 Å². The Hall–Kier alpha value is -1.78. The number of carbonyl (C=O) groups excluding carboxylic acids is 2. The molecule has 2 aromatic rings. The molecule has 2 aromatic carbocycles. The summed E-state index contributed by atoms with van der Waals surface area (Å²) in [4.78, 5) is 23.2. The Morgan fingerprint density at radius 2 is 1.73 bits per heavy atom. The monoisotopic (exact) mass is 334 g/mol. The molecular weight excluding hydrogens is 320 g/mol. The van der Waals surface area contributed by atoms with Crippen LogP contribution in [-0.4, -0.2) is 18.2 Å². The number of esters is 1. The van der Waals surface area contributed by atoms with Crippen LogP contribution in [0.25, 0.3) is 11.1 Å². The van der Waals surface area contributed by atoms with E-state index in [1.807, 2.05) is 48.5 Å². The van der Waals surface area contributed by atoms with E-state index in [1.54, 1.807) is 0 Å². The molecule has 0 saturated heterocycles. The predicted octanol–water partition coefficient (Wildman–Crippen LogP) is 4.50. The minimum absolute atomic E-state index is 0.134. The van der Waals surface area contributed by atoms with Gasteiger partial charge in [-0.2, -0.15) is 0 Å². The molecule has 0 saturated carbocycles. The van der Waals surface area contributed by atoms with E-state index >= 15 is 0 Å². The maximum atomic E-state index is 11.8. The third-order valence-electron chi connectivity index (χ3n) is 3.10. The van der Waals surface area contributed by atoms with E-state index in [-0.39, 0.29) is 5.12 Å². The van der Waals surface area contributed by atoms with Gasteiger partial charge in [0.05, 0.1) is 7.11 Å². The summed E-state index contributed by atoms with van der Waals surface area (Å²) in [5, 5.41) is -0.119. The zero-order valence-electron chi connectivity index (χ0n) is 12.2. The van der Waals surface area contributed by atoms with Crippen LogP contribution in [0.4, 0.5) is 0 Å². The first-order valence-corrected chi connectivity index (χ1v) is 7.88. The van der Waals surface area contributed by atoms with Gasteiger partial charge in [-0.25, -0.2) is 0 Å². The highest BCUT2D eigenvalue weighted by atomic mass is 35.5. The van der Waals surface area contributed by atoms with Crippen LogP contribution >= 0.6 is 23.4 Å². The molecule has 0 N–H and O–H groups in total. The summed E-state index contributed by atoms with van der Waals surface area (Å²) in [5.74, 6) is -0.439. The molecule has 114 valence electrons. The van der Waals surface area contributed by atoms with Gasteiger partial charge in [-0.15, -0.1) is 0 Å². The van der Waals surface area contributed by atoms with Crippen molar-refractivity contribution in [3.63, 3.8) is 0 Å². The molecule has 0 heterocycles. The molecule has 0 aliphatic rings. The number of ether oxygens (including phenoxy) is 1. The summed E-state index contributed by atoms with van der Waals surface area (Å²) in [6.45, 7) is 1.43. The van der Waals surface area contributed by atoms with E-state index in [0.717, 1.165) is 28.5 Å². The molecule has 3 nitrogen and oxygen atoms in total. The lowest BCUT2D eigenvalue weighted by molar-refractivity contribution is -0.140. The number of methoxy groups -OCH3 is 1. The predicted molar refractivity (Wildman–Crippen MR) is 89.9 cm³/mol. The lowest BCUT2D eigenvalue weighted by Gasteiger charge is -2.13. The van der Waals surface area contributed by atoms with E-state index in [9.17, 15) is 9.59 Å². The van der Waals surface area contributed by atoms with E-state index in [1.165, 1.54) is 14.0 Å². The highest BCUT2D eigenvalue weighted by Gasteiger charge is 2.24. The second-order valence-electron chi connectivity index (χ2n) is 4.61. The van der Waals surface area contributed by atoms with Crippen LogP contribution in [0.1, 0.15) is 17.7 Å². The largest absolute Gasteiger partial charge is 0.468 e. The summed E-state index contributed by atoms with van der Waals surface area (Å²) in [7, 11) is 1.31. The Kier molecular flexibility index (Phi) is 5.63. The van der Waals surface area contributed by atoms with Crippen LogP contribution in [-0.2, 0) is 14.3 Å². The van der Waals surface area contributed by atoms with Gasteiger partial charge in [-0.05, 0) is 17.2 Å². The Morgan fingerprint density at radius 1 is 1.09 bits per heavy atom. The van der Waals surface area contributed by atoms with Gasteiger partial charge in [-0.3, -0.25) is 9.59 Å². The van der Waals surface area contributed by atoms with Gasteiger partial charge < -0.3 is 4.74 Å². The Bertz CT molecular complexity index is 683. The number of rotatable bonds is 4. The molecule has 2 rings (SSSR count). The minimum atomic E-state index is -0.650. The van der Waals surface area contributed by atoms with Crippen molar-refractivity contribution >= 4 is 34.4 Å². The lowest BCUT2D eigenvalue weighted by atomic mass is 10.0. The van der Waals surface area contributed by atoms with Crippen molar-refractivity contribution in [2.24, 2.45) is 0 Å². The SMILES string of the molecule is COC(=O)C(SC(C)=O)c1ccc(-c2ccccc2Cl)cc1. The van der Waals surface area contributed by atoms with Crippen LogP contribution in [0, 0.1) is 0 Å². The first kappa shape index (κ1) is 16.6. The summed E-state index contributed by atoms with van der Waals surface area (Å²) < 4.78 is 4.77. The van der Waals surface area contributed by atoms with Crippen molar-refractivity contribution in [2.45, 2.75) is 12.2 Å². The van der Waals surface area contributed by atoms with Crippen molar-refractivity contribution in [3.8, 4) is 11.1 Å². The molecule has 0 spiro atoms. The second kappa shape index (κ2) is 7.47. The van der Waals surface area contributed by atoms with Crippen molar-refractivity contribution < 1.29 is 14.3 Å². The zero-order chi connectivity index (χ0) is 16.1. The number of halogens is 1. The first-order valence-electron chi connectivity index (χ1n) is 6.63. The molecule has 0 aliphatic heterocycles. The number of benzene rings is 2. The molecule has 1 unspecified atom stereocenters. The molecule has 1 atom stereocenters. The molecule has 0 bridgehead atoms. The third kappa shape index (κ3) is 3.90. The number of thioether (sulfide) groups is 1. The fourth-order valence-corrected chi connectivity index (χ4v) is 3.12. The van der Waals surface area contributed by atoms with E-state index in [2.05, 4.69) is 0 Å². The van der Waals surface area contributed by atoms with Crippen LogP contribution < -0.4 is 0 Å². The number of carbonyl (C=O) groups is 2. The molecule has 22 heavy (non-hydrogen) atoms. The third-order valence-corrected chi connectivity index (χ3v) is 4.46. The van der Waals surface area contributed by atoms with Crippen LogP contribution in [0.15, 0.2) is 48.5 Å². The van der Waals surface area contributed by atoms with Crippen LogP contribution in [0.2, 0.25) is 5.02 Å². The normalized spacial score (nSPS) is 11.8. The molecule has 5 heteroatoms. The maximum Gasteiger partial charge on any atom is 0.323 e. The average molecular weight is 335 g/mol. The number of hydrogen-bond acceptors (Lipinski definition) is 4. The van der Waals surface area contributed by atoms with Gasteiger partial charge in [-0.1, -0.05) is 65.8 Å². The summed E-state index contributed by atoms with van der Waals surface area (Å²) in [5.41, 5.74) is 2.60. The van der Waals surface area contributed by atoms with Crippen molar-refractivity contribution in [2.75, 3.05) is 7.11 Å². The van der Waals surface area contributed by atoms with Gasteiger partial charge in [0.15, 0.2) is 5.12 Å². The second-order valence-corrected chi connectivity index (χ2v) is 6.30. The van der Waals surface area contributed by atoms with Gasteiger partial charge in [0.2, 0.25) is 0 Å². The highest BCUT2D eigenvalue weighted by molar-refractivity contribution is 8.14. The average Bonchev–Trinajstić information content (AvgIpc) is 2.52. The topological polar surface area (TPSA) is 43.4 Å². The molecule has 0 aliphatic carbocycles. The molecular formula is C17H15ClO3S. The van der Waals surface area contributed by atoms with E-state index in [0.29, 0.717) is 5.02 Å². The van der Waals surface area contributed by atoms with Crippen molar-refractivity contribution in [1.29, 1.82) is 0 Å². The van der Waals surface area contributed by atoms with Gasteiger partial charge in [0.1, 0.15) is 5.25 Å². The van der Waals surface area contributed by atoms with Gasteiger partial charge in [0.25, 0.3) is 0 Å². The first-order chi connectivity index (χ1) is 10.5. The van der Waals surface area contributed by atoms with Crippen molar-refractivity contribution in [3.05, 3.63) is 59.1 Å². The molecule has 0 fully saturated rings. The summed E-state index contributed by atoms with van der Waals surface area (Å²) in [6, 6.07) is 14.9.